The van der Waals surface area contributed by atoms with Crippen LogP contribution in [0.5, 0.6) is 0 Å². The second-order valence-electron chi connectivity index (χ2n) is 5.79. The smallest absolute Gasteiger partial charge is 0.410 e. The lowest BCUT2D eigenvalue weighted by Crippen LogP contribution is -2.47. The second kappa shape index (κ2) is 8.37. The van der Waals surface area contributed by atoms with Gasteiger partial charge < -0.3 is 4.74 Å². The van der Waals surface area contributed by atoms with Crippen molar-refractivity contribution in [2.24, 2.45) is 0 Å². The number of methoxy groups -OCH3 is 1. The van der Waals surface area contributed by atoms with Gasteiger partial charge in [-0.1, -0.05) is 52.3 Å². The van der Waals surface area contributed by atoms with E-state index in [1.807, 2.05) is 11.0 Å². The third-order valence-corrected chi connectivity index (χ3v) is 5.08. The highest BCUT2D eigenvalue weighted by Crippen LogP contribution is 2.30. The monoisotopic (exact) mass is 365 g/mol. The minimum absolute atomic E-state index is 0.104. The predicted molar refractivity (Wildman–Crippen MR) is 93.1 cm³/mol. The van der Waals surface area contributed by atoms with Crippen LogP contribution in [0.3, 0.4) is 0 Å². The summed E-state index contributed by atoms with van der Waals surface area (Å²) in [6, 6.07) is 10.6. The molecule has 0 spiro atoms. The summed E-state index contributed by atoms with van der Waals surface area (Å²) in [6.07, 6.45) is 7.00. The zero-order chi connectivity index (χ0) is 15.9. The summed E-state index contributed by atoms with van der Waals surface area (Å²) in [7, 11) is 1.46. The van der Waals surface area contributed by atoms with Gasteiger partial charge in [-0.25, -0.2) is 4.79 Å². The van der Waals surface area contributed by atoms with Crippen LogP contribution in [0.25, 0.3) is 0 Å². The third-order valence-electron chi connectivity index (χ3n) is 4.23. The molecule has 0 aromatic heterocycles. The van der Waals surface area contributed by atoms with E-state index in [0.717, 1.165) is 36.6 Å². The van der Waals surface area contributed by atoms with E-state index >= 15 is 0 Å². The van der Waals surface area contributed by atoms with Gasteiger partial charge in [-0.05, 0) is 44.6 Å². The fraction of sp³-hybridized carbons (Fsp3) is 0.500. The van der Waals surface area contributed by atoms with Crippen molar-refractivity contribution in [3.05, 3.63) is 46.5 Å². The average molecular weight is 366 g/mol. The molecule has 1 aromatic rings. The molecule has 0 N–H and O–H groups in total. The number of carbonyl (C=O) groups excluding carboxylic acids is 1. The van der Waals surface area contributed by atoms with Crippen LogP contribution in [0.1, 0.15) is 38.2 Å². The number of ether oxygens (including phenoxy) is 1. The molecule has 2 rings (SSSR count). The van der Waals surface area contributed by atoms with E-state index in [0.29, 0.717) is 0 Å². The van der Waals surface area contributed by atoms with Gasteiger partial charge >= 0.3 is 6.09 Å². The van der Waals surface area contributed by atoms with Gasteiger partial charge in [0.1, 0.15) is 0 Å². The zero-order valence-corrected chi connectivity index (χ0v) is 14.9. The number of amides is 1. The molecule has 0 radical (unpaired) electrons. The van der Waals surface area contributed by atoms with Crippen LogP contribution in [-0.4, -0.2) is 30.2 Å². The molecule has 22 heavy (non-hydrogen) atoms. The van der Waals surface area contributed by atoms with Crippen molar-refractivity contribution in [1.82, 2.24) is 4.90 Å². The Kier molecular flexibility index (Phi) is 6.49. The van der Waals surface area contributed by atoms with Gasteiger partial charge in [-0.3, -0.25) is 4.90 Å². The maximum absolute atomic E-state index is 12.3. The summed E-state index contributed by atoms with van der Waals surface area (Å²) in [5, 5.41) is 0. The number of benzene rings is 1. The van der Waals surface area contributed by atoms with E-state index in [4.69, 9.17) is 4.74 Å². The minimum atomic E-state index is -0.238. The van der Waals surface area contributed by atoms with Crippen LogP contribution in [0, 0.1) is 0 Å². The van der Waals surface area contributed by atoms with Crippen LogP contribution in [0.2, 0.25) is 0 Å². The number of carbonyl (C=O) groups is 1. The van der Waals surface area contributed by atoms with Gasteiger partial charge in [0.05, 0.1) is 13.2 Å². The molecule has 0 saturated heterocycles. The second-order valence-corrected chi connectivity index (χ2v) is 6.70. The van der Waals surface area contributed by atoms with E-state index < -0.39 is 0 Å². The quantitative estimate of drug-likeness (QED) is 0.741. The first-order valence-electron chi connectivity index (χ1n) is 7.89. The Balaban J connectivity index is 2.06. The summed E-state index contributed by atoms with van der Waals surface area (Å²) < 4.78 is 6.13. The zero-order valence-electron chi connectivity index (χ0n) is 13.3. The molecule has 0 heterocycles. The molecule has 120 valence electrons. The van der Waals surface area contributed by atoms with Crippen molar-refractivity contribution in [3.8, 4) is 0 Å². The largest absolute Gasteiger partial charge is 0.453 e. The van der Waals surface area contributed by atoms with Crippen molar-refractivity contribution in [3.63, 3.8) is 0 Å². The summed E-state index contributed by atoms with van der Waals surface area (Å²) in [5.74, 6) is 0. The molecular weight excluding hydrogens is 342 g/mol. The summed E-state index contributed by atoms with van der Waals surface area (Å²) in [4.78, 5) is 14.2. The topological polar surface area (TPSA) is 29.5 Å². The van der Waals surface area contributed by atoms with Gasteiger partial charge in [0.15, 0.2) is 0 Å². The number of allylic oxidation sites excluding steroid dienone is 1. The van der Waals surface area contributed by atoms with Gasteiger partial charge in [0.2, 0.25) is 0 Å². The number of hydrogen-bond donors (Lipinski definition) is 0. The van der Waals surface area contributed by atoms with Crippen LogP contribution >= 0.6 is 15.9 Å². The van der Waals surface area contributed by atoms with E-state index in [1.165, 1.54) is 12.7 Å². The summed E-state index contributed by atoms with van der Waals surface area (Å²) in [6.45, 7) is 2.11. The molecule has 0 fully saturated rings. The molecule has 3 nitrogen and oxygen atoms in total. The molecule has 2 atom stereocenters. The van der Waals surface area contributed by atoms with E-state index in [-0.39, 0.29) is 18.2 Å². The Morgan fingerprint density at radius 1 is 1.41 bits per heavy atom. The van der Waals surface area contributed by atoms with Gasteiger partial charge in [-0.15, -0.1) is 0 Å². The van der Waals surface area contributed by atoms with Gasteiger partial charge in [0.25, 0.3) is 0 Å². The first kappa shape index (κ1) is 17.1. The van der Waals surface area contributed by atoms with Crippen molar-refractivity contribution < 1.29 is 9.53 Å². The first-order valence-corrected chi connectivity index (χ1v) is 8.68. The third kappa shape index (κ3) is 4.35. The first-order chi connectivity index (χ1) is 10.6. The van der Waals surface area contributed by atoms with Crippen LogP contribution in [0.15, 0.2) is 40.9 Å². The normalized spacial score (nSPS) is 19.2. The predicted octanol–water partition coefficient (Wildman–Crippen LogP) is 4.91. The lowest BCUT2D eigenvalue weighted by molar-refractivity contribution is 0.0891. The van der Waals surface area contributed by atoms with Crippen molar-refractivity contribution in [2.75, 3.05) is 7.11 Å². The number of halogens is 1. The maximum atomic E-state index is 12.3. The fourth-order valence-electron chi connectivity index (χ4n) is 2.98. The van der Waals surface area contributed by atoms with Crippen molar-refractivity contribution >= 4 is 22.0 Å². The fourth-order valence-corrected chi connectivity index (χ4v) is 3.65. The molecule has 1 aliphatic rings. The van der Waals surface area contributed by atoms with Crippen molar-refractivity contribution in [1.29, 1.82) is 0 Å². The lowest BCUT2D eigenvalue weighted by atomic mass is 9.98. The number of aryl methyl sites for hydroxylation is 1. The van der Waals surface area contributed by atoms with Crippen LogP contribution < -0.4 is 0 Å². The van der Waals surface area contributed by atoms with E-state index in [1.54, 1.807) is 0 Å². The average Bonchev–Trinajstić information content (AvgIpc) is 2.55. The number of nitrogens with zero attached hydrogens (tertiary/aromatic N) is 1. The number of rotatable bonds is 5. The molecular formula is C18H24BrNO2. The van der Waals surface area contributed by atoms with Crippen LogP contribution in [-0.2, 0) is 11.2 Å². The Hall–Kier alpha value is -1.29. The van der Waals surface area contributed by atoms with Gasteiger partial charge in [-0.2, -0.15) is 0 Å². The Morgan fingerprint density at radius 2 is 2.14 bits per heavy atom. The molecule has 0 unspecified atom stereocenters. The van der Waals surface area contributed by atoms with E-state index in [2.05, 4.69) is 53.2 Å². The standard InChI is InChI=1S/C18H24BrNO2/c1-14(12-13-15-8-4-3-5-9-15)20(18(21)22-2)17-11-7-6-10-16(17)19/h3-5,8-10,14,17H,6-7,11-13H2,1-2H3/t14-,17-/m0/s1. The van der Waals surface area contributed by atoms with Gasteiger partial charge in [0, 0.05) is 10.5 Å². The Morgan fingerprint density at radius 3 is 2.77 bits per heavy atom. The SMILES string of the molecule is COC(=O)N([C@@H](C)CCc1ccccc1)[C@H]1CCCC=C1Br. The van der Waals surface area contributed by atoms with Crippen molar-refractivity contribution in [2.45, 2.75) is 51.1 Å². The molecule has 4 heteroatoms. The molecule has 0 aliphatic heterocycles. The molecule has 0 bridgehead atoms. The van der Waals surface area contributed by atoms with E-state index in [9.17, 15) is 4.79 Å². The molecule has 1 aliphatic carbocycles. The Bertz CT molecular complexity index is 515. The minimum Gasteiger partial charge on any atom is -0.453 e. The highest BCUT2D eigenvalue weighted by Gasteiger charge is 2.31. The van der Waals surface area contributed by atoms with Crippen LogP contribution in [0.4, 0.5) is 4.79 Å². The summed E-state index contributed by atoms with van der Waals surface area (Å²) in [5.41, 5.74) is 1.30. The molecule has 1 amide bonds. The Labute approximate surface area is 141 Å². The lowest BCUT2D eigenvalue weighted by Gasteiger charge is -2.37. The summed E-state index contributed by atoms with van der Waals surface area (Å²) >= 11 is 3.63. The maximum Gasteiger partial charge on any atom is 0.410 e. The molecule has 0 saturated carbocycles. The highest BCUT2D eigenvalue weighted by atomic mass is 79.9. The number of hydrogen-bond acceptors (Lipinski definition) is 2. The molecule has 1 aromatic carbocycles. The highest BCUT2D eigenvalue weighted by molar-refractivity contribution is 9.11.